The molecule has 0 spiro atoms. The van der Waals surface area contributed by atoms with Crippen molar-refractivity contribution in [1.29, 1.82) is 0 Å². The van der Waals surface area contributed by atoms with Gasteiger partial charge in [-0.05, 0) is 0 Å². The number of hydrogen-bond donors (Lipinski definition) is 1. The van der Waals surface area contributed by atoms with Crippen LogP contribution in [0.4, 0.5) is 44.6 Å². The fraction of sp³-hybridized carbons (Fsp3) is 0.571. The zero-order valence-corrected chi connectivity index (χ0v) is 10.0. The van der Waals surface area contributed by atoms with Gasteiger partial charge in [-0.1, -0.05) is 11.3 Å². The van der Waals surface area contributed by atoms with Gasteiger partial charge in [-0.15, -0.1) is 10.2 Å². The van der Waals surface area contributed by atoms with E-state index in [1.807, 2.05) is 0 Å². The van der Waals surface area contributed by atoms with Crippen LogP contribution in [-0.2, 0) is 4.79 Å². The topological polar surface area (TPSA) is 54.9 Å². The predicted octanol–water partition coefficient (Wildman–Crippen LogP) is 2.94. The molecule has 1 amide bonds. The van der Waals surface area contributed by atoms with Crippen molar-refractivity contribution >= 4 is 22.4 Å². The Kier molecular flexibility index (Phi) is 4.15. The Bertz CT molecular complexity index is 512. The highest BCUT2D eigenvalue weighted by Gasteiger charge is 2.83. The summed E-state index contributed by atoms with van der Waals surface area (Å²) in [6, 6.07) is 0. The Hall–Kier alpha value is -1.60. The molecule has 1 heterocycles. The molecule has 0 bridgehead atoms. The number of amides is 1. The van der Waals surface area contributed by atoms with E-state index in [0.29, 0.717) is 11.3 Å². The summed E-state index contributed by atoms with van der Waals surface area (Å²) in [5.41, 5.74) is 0.857. The van der Waals surface area contributed by atoms with Crippen molar-refractivity contribution in [3.05, 3.63) is 5.51 Å². The van der Waals surface area contributed by atoms with Crippen molar-refractivity contribution in [2.75, 3.05) is 5.32 Å². The molecule has 0 aliphatic carbocycles. The van der Waals surface area contributed by atoms with Crippen LogP contribution in [0, 0.1) is 0 Å². The van der Waals surface area contributed by atoms with Crippen molar-refractivity contribution in [3.63, 3.8) is 0 Å². The lowest BCUT2D eigenvalue weighted by Crippen LogP contribution is -2.64. The summed E-state index contributed by atoms with van der Waals surface area (Å²) in [6.45, 7) is 0. The summed E-state index contributed by atoms with van der Waals surface area (Å²) in [5, 5.41) is 6.09. The second-order valence-electron chi connectivity index (χ2n) is 3.42. The number of hydrogen-bond acceptors (Lipinski definition) is 4. The number of aromatic nitrogens is 2. The third-order valence-electron chi connectivity index (χ3n) is 2.01. The molecule has 1 rings (SSSR count). The molecule has 0 saturated heterocycles. The van der Waals surface area contributed by atoms with Crippen LogP contribution in [0.15, 0.2) is 5.51 Å². The summed E-state index contributed by atoms with van der Waals surface area (Å²) in [6.07, 6.45) is -6.98. The molecule has 0 aliphatic heterocycles. The summed E-state index contributed by atoms with van der Waals surface area (Å²) in [7, 11) is 0. The van der Waals surface area contributed by atoms with Crippen LogP contribution in [-0.4, -0.2) is 40.0 Å². The van der Waals surface area contributed by atoms with Crippen LogP contribution in [0.2, 0.25) is 0 Å². The van der Waals surface area contributed by atoms with Crippen LogP contribution >= 0.6 is 11.3 Å². The number of rotatable bonds is 4. The standard InChI is InChI=1S/C7H2F9N3OS/c8-4(9,2(20)18-3-19-17-1-21-3)5(10,11)6(12,13)7(14,15)16/h1H,(H,18,19,20). The molecule has 0 fully saturated rings. The minimum Gasteiger partial charge on any atom is -0.295 e. The van der Waals surface area contributed by atoms with Gasteiger partial charge >= 0.3 is 29.9 Å². The molecule has 120 valence electrons. The van der Waals surface area contributed by atoms with E-state index in [4.69, 9.17) is 0 Å². The minimum atomic E-state index is -7.12. The molecule has 0 radical (unpaired) electrons. The molecule has 14 heteroatoms. The average Bonchev–Trinajstić information content (AvgIpc) is 2.79. The van der Waals surface area contributed by atoms with Gasteiger partial charge in [0, 0.05) is 0 Å². The number of anilines is 1. The fourth-order valence-corrected chi connectivity index (χ4v) is 1.36. The second-order valence-corrected chi connectivity index (χ2v) is 4.25. The first kappa shape index (κ1) is 17.5. The van der Waals surface area contributed by atoms with E-state index in [2.05, 4.69) is 10.2 Å². The molecule has 21 heavy (non-hydrogen) atoms. The lowest BCUT2D eigenvalue weighted by atomic mass is 10.0. The Morgan fingerprint density at radius 2 is 1.52 bits per heavy atom. The Balaban J connectivity index is 3.12. The largest absolute Gasteiger partial charge is 0.460 e. The van der Waals surface area contributed by atoms with Gasteiger partial charge in [-0.2, -0.15) is 39.5 Å². The van der Waals surface area contributed by atoms with Gasteiger partial charge in [0.25, 0.3) is 0 Å². The summed E-state index contributed by atoms with van der Waals surface area (Å²) >= 11 is 0.349. The molecular formula is C7H2F9N3OS. The highest BCUT2D eigenvalue weighted by atomic mass is 32.1. The molecule has 1 aromatic heterocycles. The zero-order chi connectivity index (χ0) is 16.7. The molecule has 0 atom stereocenters. The third-order valence-corrected chi connectivity index (χ3v) is 2.62. The molecule has 4 nitrogen and oxygen atoms in total. The number of alkyl halides is 9. The first-order chi connectivity index (χ1) is 9.25. The molecule has 1 aromatic rings. The zero-order valence-electron chi connectivity index (χ0n) is 9.19. The maximum atomic E-state index is 13.0. The number of nitrogens with one attached hydrogen (secondary N) is 1. The molecule has 0 aromatic carbocycles. The van der Waals surface area contributed by atoms with E-state index in [1.165, 1.54) is 0 Å². The summed E-state index contributed by atoms with van der Waals surface area (Å²) in [5.74, 6) is -23.6. The minimum absolute atomic E-state index is 0.349. The third kappa shape index (κ3) is 2.75. The predicted molar refractivity (Wildman–Crippen MR) is 49.4 cm³/mol. The van der Waals surface area contributed by atoms with Crippen LogP contribution in [0.25, 0.3) is 0 Å². The Labute approximate surface area is 113 Å². The monoisotopic (exact) mass is 347 g/mol. The number of nitrogens with zero attached hydrogens (tertiary/aromatic N) is 2. The van der Waals surface area contributed by atoms with Gasteiger partial charge in [-0.3, -0.25) is 10.1 Å². The molecule has 0 aliphatic rings. The maximum Gasteiger partial charge on any atom is 0.460 e. The van der Waals surface area contributed by atoms with Crippen molar-refractivity contribution in [2.24, 2.45) is 0 Å². The van der Waals surface area contributed by atoms with Crippen LogP contribution in [0.1, 0.15) is 0 Å². The molecule has 0 saturated carbocycles. The average molecular weight is 347 g/mol. The van der Waals surface area contributed by atoms with E-state index in [1.54, 1.807) is 0 Å². The van der Waals surface area contributed by atoms with E-state index >= 15 is 0 Å². The van der Waals surface area contributed by atoms with Crippen LogP contribution < -0.4 is 5.32 Å². The highest BCUT2D eigenvalue weighted by Crippen LogP contribution is 2.53. The fourth-order valence-electron chi connectivity index (χ4n) is 0.921. The van der Waals surface area contributed by atoms with Gasteiger partial charge < -0.3 is 0 Å². The van der Waals surface area contributed by atoms with Crippen LogP contribution in [0.5, 0.6) is 0 Å². The quantitative estimate of drug-likeness (QED) is 0.852. The summed E-state index contributed by atoms with van der Waals surface area (Å²) in [4.78, 5) is 10.8. The van der Waals surface area contributed by atoms with Gasteiger partial charge in [-0.25, -0.2) is 0 Å². The van der Waals surface area contributed by atoms with Crippen LogP contribution in [0.3, 0.4) is 0 Å². The lowest BCUT2D eigenvalue weighted by molar-refractivity contribution is -0.388. The van der Waals surface area contributed by atoms with Gasteiger partial charge in [0.1, 0.15) is 5.51 Å². The normalized spacial score (nSPS) is 14.1. The highest BCUT2D eigenvalue weighted by molar-refractivity contribution is 7.13. The number of carbonyl (C=O) groups is 1. The van der Waals surface area contributed by atoms with Gasteiger partial charge in [0.15, 0.2) is 0 Å². The smallest absolute Gasteiger partial charge is 0.295 e. The second kappa shape index (κ2) is 4.99. The van der Waals surface area contributed by atoms with E-state index in [9.17, 15) is 44.3 Å². The first-order valence-electron chi connectivity index (χ1n) is 4.53. The van der Waals surface area contributed by atoms with E-state index in [-0.39, 0.29) is 0 Å². The lowest BCUT2D eigenvalue weighted by Gasteiger charge is -2.32. The number of halogens is 9. The first-order valence-corrected chi connectivity index (χ1v) is 5.41. The van der Waals surface area contributed by atoms with E-state index < -0.39 is 35.0 Å². The van der Waals surface area contributed by atoms with E-state index in [0.717, 1.165) is 10.8 Å². The number of carbonyl (C=O) groups excluding carboxylic acids is 1. The Morgan fingerprint density at radius 1 is 1.00 bits per heavy atom. The van der Waals surface area contributed by atoms with Crippen molar-refractivity contribution in [1.82, 2.24) is 10.2 Å². The maximum absolute atomic E-state index is 13.0. The van der Waals surface area contributed by atoms with Crippen molar-refractivity contribution in [3.8, 4) is 0 Å². The van der Waals surface area contributed by atoms with Gasteiger partial charge in [0.05, 0.1) is 0 Å². The SMILES string of the molecule is O=C(Nc1nncs1)C(F)(F)C(F)(F)C(F)(F)C(F)(F)F. The van der Waals surface area contributed by atoms with Gasteiger partial charge in [0.2, 0.25) is 5.13 Å². The molecular weight excluding hydrogens is 345 g/mol. The summed E-state index contributed by atoms with van der Waals surface area (Å²) < 4.78 is 112. The Morgan fingerprint density at radius 3 is 1.90 bits per heavy atom. The molecule has 1 N–H and O–H groups in total. The molecule has 0 unspecified atom stereocenters. The van der Waals surface area contributed by atoms with Crippen molar-refractivity contribution < 1.29 is 44.3 Å². The van der Waals surface area contributed by atoms with Crippen molar-refractivity contribution in [2.45, 2.75) is 23.9 Å².